The maximum Gasteiger partial charge on any atom is 0.411 e. The first-order chi connectivity index (χ1) is 9.19. The van der Waals surface area contributed by atoms with Crippen LogP contribution in [0, 0.1) is 21.4 Å². The number of hydrogen-bond donors (Lipinski definition) is 1. The number of hydrogen-bond acceptors (Lipinski definition) is 4. The first-order valence-electron chi connectivity index (χ1n) is 5.36. The minimum Gasteiger partial charge on any atom is -0.314 e. The van der Waals surface area contributed by atoms with E-state index in [0.717, 1.165) is 18.2 Å². The van der Waals surface area contributed by atoms with E-state index in [9.17, 15) is 23.3 Å². The van der Waals surface area contributed by atoms with Crippen LogP contribution in [0.2, 0.25) is 0 Å². The summed E-state index contributed by atoms with van der Waals surface area (Å²) in [5.74, 6) is 0. The summed E-state index contributed by atoms with van der Waals surface area (Å²) in [5, 5.41) is 18.8. The normalized spacial score (nSPS) is 14.8. The molecule has 0 amide bonds. The van der Waals surface area contributed by atoms with Crippen LogP contribution in [0.3, 0.4) is 0 Å². The molecule has 0 aliphatic heterocycles. The second-order valence-electron chi connectivity index (χ2n) is 4.05. The smallest absolute Gasteiger partial charge is 0.314 e. The van der Waals surface area contributed by atoms with Crippen LogP contribution in [0.4, 0.5) is 18.9 Å². The van der Waals surface area contributed by atoms with Crippen molar-refractivity contribution in [2.75, 3.05) is 0 Å². The number of nitrogens with two attached hydrogens (primary N) is 1. The van der Waals surface area contributed by atoms with Crippen molar-refractivity contribution in [1.82, 2.24) is 0 Å². The standard InChI is InChI=1S/C12H10F3N3O2/c13-12(14,15)11(17,7-8-16)6-5-9-1-3-10(4-2-9)18(19)20/h1-6H,7,17H2/b6-5+. The van der Waals surface area contributed by atoms with E-state index in [2.05, 4.69) is 0 Å². The Morgan fingerprint density at radius 2 is 1.90 bits per heavy atom. The summed E-state index contributed by atoms with van der Waals surface area (Å²) in [6.07, 6.45) is -3.92. The lowest BCUT2D eigenvalue weighted by Crippen LogP contribution is -2.51. The van der Waals surface area contributed by atoms with Crippen molar-refractivity contribution in [2.45, 2.75) is 18.1 Å². The highest BCUT2D eigenvalue weighted by Gasteiger charge is 2.50. The lowest BCUT2D eigenvalue weighted by atomic mass is 9.95. The molecule has 1 unspecified atom stereocenters. The van der Waals surface area contributed by atoms with E-state index in [1.807, 2.05) is 0 Å². The molecule has 0 aromatic heterocycles. The molecule has 0 saturated heterocycles. The molecule has 1 atom stereocenters. The Morgan fingerprint density at radius 3 is 2.30 bits per heavy atom. The van der Waals surface area contributed by atoms with Crippen LogP contribution in [-0.2, 0) is 0 Å². The van der Waals surface area contributed by atoms with Gasteiger partial charge in [0.25, 0.3) is 5.69 Å². The van der Waals surface area contributed by atoms with E-state index in [-0.39, 0.29) is 5.69 Å². The third-order valence-corrected chi connectivity index (χ3v) is 2.58. The largest absolute Gasteiger partial charge is 0.411 e. The van der Waals surface area contributed by atoms with Gasteiger partial charge in [0.1, 0.15) is 5.54 Å². The molecule has 1 rings (SSSR count). The first-order valence-corrected chi connectivity index (χ1v) is 5.36. The monoisotopic (exact) mass is 285 g/mol. The van der Waals surface area contributed by atoms with E-state index in [0.29, 0.717) is 11.6 Å². The predicted octanol–water partition coefficient (Wildman–Crippen LogP) is 2.78. The fraction of sp³-hybridized carbons (Fsp3) is 0.250. The third kappa shape index (κ3) is 3.55. The summed E-state index contributed by atoms with van der Waals surface area (Å²) in [7, 11) is 0. The predicted molar refractivity (Wildman–Crippen MR) is 65.3 cm³/mol. The SMILES string of the molecule is N#CCC(N)(/C=C/c1ccc([N+](=O)[O-])cc1)C(F)(F)F. The zero-order chi connectivity index (χ0) is 15.4. The lowest BCUT2D eigenvalue weighted by Gasteiger charge is -2.25. The minimum absolute atomic E-state index is 0.172. The Labute approximate surface area is 112 Å². The van der Waals surface area contributed by atoms with Crippen molar-refractivity contribution in [3.63, 3.8) is 0 Å². The van der Waals surface area contributed by atoms with Crippen LogP contribution in [0.25, 0.3) is 6.08 Å². The zero-order valence-electron chi connectivity index (χ0n) is 10.1. The van der Waals surface area contributed by atoms with Crippen LogP contribution < -0.4 is 5.73 Å². The molecule has 2 N–H and O–H groups in total. The summed E-state index contributed by atoms with van der Waals surface area (Å²) in [6, 6.07) is 6.29. The molecule has 20 heavy (non-hydrogen) atoms. The van der Waals surface area contributed by atoms with Crippen molar-refractivity contribution in [3.05, 3.63) is 46.0 Å². The van der Waals surface area contributed by atoms with Gasteiger partial charge in [-0.1, -0.05) is 12.2 Å². The molecule has 0 radical (unpaired) electrons. The summed E-state index contributed by atoms with van der Waals surface area (Å²) < 4.78 is 38.2. The summed E-state index contributed by atoms with van der Waals surface area (Å²) in [5.41, 5.74) is 2.56. The van der Waals surface area contributed by atoms with Gasteiger partial charge in [0.05, 0.1) is 17.4 Å². The zero-order valence-corrected chi connectivity index (χ0v) is 10.1. The molecule has 1 aromatic rings. The van der Waals surface area contributed by atoms with Crippen LogP contribution in [0.15, 0.2) is 30.3 Å². The number of nitro groups is 1. The van der Waals surface area contributed by atoms with Gasteiger partial charge >= 0.3 is 6.18 Å². The Balaban J connectivity index is 3.00. The van der Waals surface area contributed by atoms with Crippen LogP contribution in [-0.4, -0.2) is 16.6 Å². The van der Waals surface area contributed by atoms with Gasteiger partial charge in [0.15, 0.2) is 0 Å². The molecule has 106 valence electrons. The van der Waals surface area contributed by atoms with Gasteiger partial charge in [-0.3, -0.25) is 10.1 Å². The van der Waals surface area contributed by atoms with Crippen molar-refractivity contribution >= 4 is 11.8 Å². The number of benzene rings is 1. The van der Waals surface area contributed by atoms with Crippen molar-refractivity contribution < 1.29 is 18.1 Å². The average Bonchev–Trinajstić information content (AvgIpc) is 2.36. The maximum atomic E-state index is 12.7. The minimum atomic E-state index is -4.76. The molecule has 0 spiro atoms. The fourth-order valence-electron chi connectivity index (χ4n) is 1.34. The molecule has 8 heteroatoms. The molecule has 0 bridgehead atoms. The quantitative estimate of drug-likeness (QED) is 0.680. The number of nitriles is 1. The first kappa shape index (κ1) is 15.7. The highest BCUT2D eigenvalue weighted by molar-refractivity contribution is 5.53. The van der Waals surface area contributed by atoms with E-state index in [1.54, 1.807) is 0 Å². The lowest BCUT2D eigenvalue weighted by molar-refractivity contribution is -0.384. The highest BCUT2D eigenvalue weighted by Crippen LogP contribution is 2.32. The molecule has 0 aliphatic rings. The van der Waals surface area contributed by atoms with Crippen LogP contribution in [0.1, 0.15) is 12.0 Å². The maximum absolute atomic E-state index is 12.7. The molecule has 0 heterocycles. The second-order valence-corrected chi connectivity index (χ2v) is 4.05. The van der Waals surface area contributed by atoms with Gasteiger partial charge in [-0.2, -0.15) is 18.4 Å². The Kier molecular flexibility index (Phi) is 4.47. The number of alkyl halides is 3. The van der Waals surface area contributed by atoms with Gasteiger partial charge in [0, 0.05) is 12.1 Å². The summed E-state index contributed by atoms with van der Waals surface area (Å²) >= 11 is 0. The van der Waals surface area contributed by atoms with Gasteiger partial charge < -0.3 is 5.73 Å². The van der Waals surface area contributed by atoms with E-state index in [1.165, 1.54) is 18.2 Å². The van der Waals surface area contributed by atoms with E-state index >= 15 is 0 Å². The van der Waals surface area contributed by atoms with Crippen molar-refractivity contribution in [2.24, 2.45) is 5.73 Å². The third-order valence-electron chi connectivity index (χ3n) is 2.58. The topological polar surface area (TPSA) is 93.0 Å². The molecule has 0 fully saturated rings. The molecule has 0 aliphatic carbocycles. The van der Waals surface area contributed by atoms with Crippen molar-refractivity contribution in [1.29, 1.82) is 5.26 Å². The van der Waals surface area contributed by atoms with Gasteiger partial charge in [-0.05, 0) is 17.7 Å². The second kappa shape index (κ2) is 5.71. The van der Waals surface area contributed by atoms with Crippen LogP contribution >= 0.6 is 0 Å². The number of rotatable bonds is 4. The molecule has 1 aromatic carbocycles. The number of non-ortho nitro benzene ring substituents is 1. The highest BCUT2D eigenvalue weighted by atomic mass is 19.4. The Morgan fingerprint density at radius 1 is 1.35 bits per heavy atom. The number of nitrogens with zero attached hydrogens (tertiary/aromatic N) is 2. The van der Waals surface area contributed by atoms with E-state index < -0.39 is 23.1 Å². The summed E-state index contributed by atoms with van der Waals surface area (Å²) in [6.45, 7) is 0. The Bertz CT molecular complexity index is 561. The van der Waals surface area contributed by atoms with Crippen LogP contribution in [0.5, 0.6) is 0 Å². The van der Waals surface area contributed by atoms with Crippen molar-refractivity contribution in [3.8, 4) is 6.07 Å². The fourth-order valence-corrected chi connectivity index (χ4v) is 1.34. The van der Waals surface area contributed by atoms with Gasteiger partial charge in [-0.15, -0.1) is 0 Å². The van der Waals surface area contributed by atoms with E-state index in [4.69, 9.17) is 11.0 Å². The average molecular weight is 285 g/mol. The number of nitro benzene ring substituents is 1. The molecule has 0 saturated carbocycles. The van der Waals surface area contributed by atoms with Gasteiger partial charge in [-0.25, -0.2) is 0 Å². The number of halogens is 3. The van der Waals surface area contributed by atoms with Gasteiger partial charge in [0.2, 0.25) is 0 Å². The molecular weight excluding hydrogens is 275 g/mol. The molecule has 5 nitrogen and oxygen atoms in total. The summed E-state index contributed by atoms with van der Waals surface area (Å²) in [4.78, 5) is 9.81. The molecular formula is C12H10F3N3O2. The Hall–Kier alpha value is -2.40.